The molecule has 2 aromatic carbocycles. The summed E-state index contributed by atoms with van der Waals surface area (Å²) in [6.45, 7) is 4.59. The molecular formula is C20H21BrN4O2. The number of amides is 1. The van der Waals surface area contributed by atoms with Crippen molar-refractivity contribution in [2.75, 3.05) is 18.9 Å². The fourth-order valence-corrected chi connectivity index (χ4v) is 3.19. The molecule has 6 nitrogen and oxygen atoms in total. The quantitative estimate of drug-likeness (QED) is 0.637. The third-order valence-corrected chi connectivity index (χ3v) is 4.52. The maximum atomic E-state index is 12.3. The maximum Gasteiger partial charge on any atom is 0.241 e. The highest BCUT2D eigenvalue weighted by atomic mass is 79.9. The summed E-state index contributed by atoms with van der Waals surface area (Å²) in [5, 5.41) is 6.95. The van der Waals surface area contributed by atoms with Gasteiger partial charge in [0.25, 0.3) is 0 Å². The minimum atomic E-state index is -0.0960. The molecule has 0 aliphatic carbocycles. The second-order valence-electron chi connectivity index (χ2n) is 6.56. The van der Waals surface area contributed by atoms with Gasteiger partial charge in [0.1, 0.15) is 0 Å². The first-order valence-electron chi connectivity index (χ1n) is 8.55. The minimum Gasteiger partial charge on any atom is -0.338 e. The van der Waals surface area contributed by atoms with E-state index in [2.05, 4.69) is 31.4 Å². The van der Waals surface area contributed by atoms with Gasteiger partial charge < -0.3 is 9.84 Å². The van der Waals surface area contributed by atoms with E-state index in [0.29, 0.717) is 18.3 Å². The molecule has 0 saturated carbocycles. The van der Waals surface area contributed by atoms with Gasteiger partial charge in [-0.05, 0) is 50.7 Å². The van der Waals surface area contributed by atoms with Gasteiger partial charge in [-0.2, -0.15) is 4.98 Å². The number of benzene rings is 2. The second-order valence-corrected chi connectivity index (χ2v) is 7.48. The van der Waals surface area contributed by atoms with Crippen LogP contribution in [0.25, 0.3) is 11.4 Å². The lowest BCUT2D eigenvalue weighted by molar-refractivity contribution is -0.117. The van der Waals surface area contributed by atoms with Gasteiger partial charge >= 0.3 is 0 Å². The molecule has 3 aromatic rings. The zero-order valence-corrected chi connectivity index (χ0v) is 17.1. The van der Waals surface area contributed by atoms with Gasteiger partial charge in [-0.3, -0.25) is 9.69 Å². The molecule has 7 heteroatoms. The highest BCUT2D eigenvalue weighted by molar-refractivity contribution is 9.10. The van der Waals surface area contributed by atoms with Crippen molar-refractivity contribution in [1.82, 2.24) is 15.0 Å². The lowest BCUT2D eigenvalue weighted by atomic mass is 10.1. The van der Waals surface area contributed by atoms with Crippen molar-refractivity contribution >= 4 is 27.5 Å². The van der Waals surface area contributed by atoms with Crippen LogP contribution in [0.2, 0.25) is 0 Å². The number of rotatable bonds is 6. The molecule has 1 amide bonds. The Morgan fingerprint density at radius 1 is 1.22 bits per heavy atom. The number of aryl methyl sites for hydroxylation is 2. The fraction of sp³-hybridized carbons (Fsp3) is 0.250. The van der Waals surface area contributed by atoms with Crippen LogP contribution >= 0.6 is 15.9 Å². The number of likely N-dealkylation sites (N-methyl/N-ethyl adjacent to an activating group) is 1. The van der Waals surface area contributed by atoms with E-state index in [1.54, 1.807) is 0 Å². The largest absolute Gasteiger partial charge is 0.338 e. The van der Waals surface area contributed by atoms with Crippen molar-refractivity contribution < 1.29 is 9.32 Å². The number of nitrogens with one attached hydrogen (secondary N) is 1. The van der Waals surface area contributed by atoms with Crippen LogP contribution in [0.4, 0.5) is 5.69 Å². The average molecular weight is 429 g/mol. The number of hydrogen-bond acceptors (Lipinski definition) is 5. The van der Waals surface area contributed by atoms with Crippen molar-refractivity contribution in [1.29, 1.82) is 0 Å². The van der Waals surface area contributed by atoms with Crippen molar-refractivity contribution in [3.05, 3.63) is 64.0 Å². The zero-order valence-electron chi connectivity index (χ0n) is 15.5. The highest BCUT2D eigenvalue weighted by Crippen LogP contribution is 2.20. The van der Waals surface area contributed by atoms with Gasteiger partial charge in [-0.15, -0.1) is 0 Å². The molecule has 140 valence electrons. The van der Waals surface area contributed by atoms with Crippen molar-refractivity contribution in [3.8, 4) is 11.4 Å². The number of carbonyl (C=O) groups excluding carboxylic acids is 1. The number of anilines is 1. The van der Waals surface area contributed by atoms with E-state index in [0.717, 1.165) is 26.9 Å². The summed E-state index contributed by atoms with van der Waals surface area (Å²) in [4.78, 5) is 18.5. The van der Waals surface area contributed by atoms with E-state index in [4.69, 9.17) is 4.52 Å². The normalized spacial score (nSPS) is 11.0. The first-order valence-corrected chi connectivity index (χ1v) is 9.34. The molecular weight excluding hydrogens is 408 g/mol. The summed E-state index contributed by atoms with van der Waals surface area (Å²) in [7, 11) is 1.84. The Morgan fingerprint density at radius 3 is 2.78 bits per heavy atom. The van der Waals surface area contributed by atoms with Crippen LogP contribution in [0.1, 0.15) is 17.0 Å². The van der Waals surface area contributed by atoms with E-state index in [-0.39, 0.29) is 12.5 Å². The molecule has 1 heterocycles. The van der Waals surface area contributed by atoms with Gasteiger partial charge in [0.15, 0.2) is 0 Å². The predicted molar refractivity (Wildman–Crippen MR) is 108 cm³/mol. The number of aromatic nitrogens is 2. The third kappa shape index (κ3) is 5.24. The molecule has 27 heavy (non-hydrogen) atoms. The molecule has 1 aromatic heterocycles. The summed E-state index contributed by atoms with van der Waals surface area (Å²) in [6, 6.07) is 13.7. The van der Waals surface area contributed by atoms with Gasteiger partial charge in [0.05, 0.1) is 13.1 Å². The molecule has 0 fully saturated rings. The number of carbonyl (C=O) groups is 1. The van der Waals surface area contributed by atoms with Crippen LogP contribution in [-0.4, -0.2) is 34.5 Å². The van der Waals surface area contributed by atoms with Crippen LogP contribution in [0.5, 0.6) is 0 Å². The Kier molecular flexibility index (Phi) is 6.03. The van der Waals surface area contributed by atoms with Crippen LogP contribution in [-0.2, 0) is 11.3 Å². The highest BCUT2D eigenvalue weighted by Gasteiger charge is 2.14. The standard InChI is InChI=1S/C20H21BrN4O2/c1-13-5-4-6-15(9-13)20-23-19(27-24-20)12-25(3)11-18(26)22-17-8-7-16(21)10-14(17)2/h4-10H,11-12H2,1-3H3,(H,22,26). The molecule has 1 N–H and O–H groups in total. The van der Waals surface area contributed by atoms with Crippen molar-refractivity contribution in [3.63, 3.8) is 0 Å². The van der Waals surface area contributed by atoms with E-state index in [1.807, 2.05) is 68.3 Å². The smallest absolute Gasteiger partial charge is 0.241 e. The van der Waals surface area contributed by atoms with Crippen LogP contribution < -0.4 is 5.32 Å². The lowest BCUT2D eigenvalue weighted by Crippen LogP contribution is -2.30. The van der Waals surface area contributed by atoms with Gasteiger partial charge in [-0.25, -0.2) is 0 Å². The van der Waals surface area contributed by atoms with Crippen molar-refractivity contribution in [2.24, 2.45) is 0 Å². The van der Waals surface area contributed by atoms with E-state index in [1.165, 1.54) is 0 Å². The lowest BCUT2D eigenvalue weighted by Gasteiger charge is -2.15. The summed E-state index contributed by atoms with van der Waals surface area (Å²) in [5.41, 5.74) is 3.85. The summed E-state index contributed by atoms with van der Waals surface area (Å²) in [5.74, 6) is 0.931. The van der Waals surface area contributed by atoms with Crippen LogP contribution in [0, 0.1) is 13.8 Å². The van der Waals surface area contributed by atoms with Crippen LogP contribution in [0.3, 0.4) is 0 Å². The average Bonchev–Trinajstić information content (AvgIpc) is 3.05. The van der Waals surface area contributed by atoms with Crippen molar-refractivity contribution in [2.45, 2.75) is 20.4 Å². The molecule has 0 unspecified atom stereocenters. The van der Waals surface area contributed by atoms with Gasteiger partial charge in [0.2, 0.25) is 17.6 Å². The second kappa shape index (κ2) is 8.45. The Labute approximate surface area is 166 Å². The molecule has 0 bridgehead atoms. The Hall–Kier alpha value is -2.51. The monoisotopic (exact) mass is 428 g/mol. The molecule has 0 radical (unpaired) electrons. The zero-order chi connectivity index (χ0) is 19.4. The van der Waals surface area contributed by atoms with Gasteiger partial charge in [0, 0.05) is 15.7 Å². The Bertz CT molecular complexity index is 955. The first kappa shape index (κ1) is 19.3. The predicted octanol–water partition coefficient (Wildman–Crippen LogP) is 4.19. The number of hydrogen-bond donors (Lipinski definition) is 1. The molecule has 3 rings (SSSR count). The van der Waals surface area contributed by atoms with E-state index < -0.39 is 0 Å². The SMILES string of the molecule is Cc1cccc(-c2noc(CN(C)CC(=O)Nc3ccc(Br)cc3C)n2)c1. The minimum absolute atomic E-state index is 0.0960. The van der Waals surface area contributed by atoms with E-state index in [9.17, 15) is 4.79 Å². The Balaban J connectivity index is 1.57. The third-order valence-electron chi connectivity index (χ3n) is 4.03. The number of halogens is 1. The fourth-order valence-electron chi connectivity index (χ4n) is 2.71. The molecule has 0 saturated heterocycles. The van der Waals surface area contributed by atoms with Crippen LogP contribution in [0.15, 0.2) is 51.5 Å². The molecule has 0 aliphatic heterocycles. The first-order chi connectivity index (χ1) is 12.9. The number of nitrogens with zero attached hydrogens (tertiary/aromatic N) is 3. The molecule has 0 atom stereocenters. The summed E-state index contributed by atoms with van der Waals surface area (Å²) < 4.78 is 6.30. The topological polar surface area (TPSA) is 71.3 Å². The Morgan fingerprint density at radius 2 is 2.04 bits per heavy atom. The molecule has 0 aliphatic rings. The van der Waals surface area contributed by atoms with Gasteiger partial charge in [-0.1, -0.05) is 44.8 Å². The molecule has 0 spiro atoms. The summed E-state index contributed by atoms with van der Waals surface area (Å²) >= 11 is 3.42. The maximum absolute atomic E-state index is 12.3. The summed E-state index contributed by atoms with van der Waals surface area (Å²) in [6.07, 6.45) is 0. The van der Waals surface area contributed by atoms with E-state index >= 15 is 0 Å².